The standard InChI is InChI=1S/C17H26O3S/c18-21(19)17-6-5-11-10-2-1-9-7-15-16(20-15)8-14(9)12(10)3-4-13(11)17/h9-17H,1-8H2,(H,18,19). The van der Waals surface area contributed by atoms with Crippen molar-refractivity contribution in [3.05, 3.63) is 0 Å². The minimum absolute atomic E-state index is 0.0798. The third-order valence-electron chi connectivity index (χ3n) is 7.76. The van der Waals surface area contributed by atoms with E-state index >= 15 is 0 Å². The number of hydrogen-bond donors (Lipinski definition) is 1. The van der Waals surface area contributed by atoms with Crippen molar-refractivity contribution >= 4 is 11.1 Å². The van der Waals surface area contributed by atoms with Gasteiger partial charge in [0.15, 0.2) is 11.1 Å². The average Bonchev–Trinajstić information content (AvgIpc) is 3.09. The van der Waals surface area contributed by atoms with E-state index in [4.69, 9.17) is 4.74 Å². The van der Waals surface area contributed by atoms with Gasteiger partial charge in [-0.2, -0.15) is 0 Å². The second-order valence-corrected chi connectivity index (χ2v) is 9.47. The third-order valence-corrected chi connectivity index (χ3v) is 8.86. The maximum atomic E-state index is 11.6. The van der Waals surface area contributed by atoms with Crippen molar-refractivity contribution in [1.82, 2.24) is 0 Å². The van der Waals surface area contributed by atoms with Gasteiger partial charge >= 0.3 is 0 Å². The highest BCUT2D eigenvalue weighted by atomic mass is 32.2. The predicted molar refractivity (Wildman–Crippen MR) is 81.1 cm³/mol. The molecular formula is C17H26O3S. The normalized spacial score (nSPS) is 59.4. The first kappa shape index (κ1) is 13.5. The molecule has 0 spiro atoms. The van der Waals surface area contributed by atoms with Crippen LogP contribution in [0.4, 0.5) is 0 Å². The topological polar surface area (TPSA) is 49.8 Å². The van der Waals surface area contributed by atoms with Crippen molar-refractivity contribution in [3.63, 3.8) is 0 Å². The molecule has 1 heterocycles. The zero-order valence-electron chi connectivity index (χ0n) is 12.5. The van der Waals surface area contributed by atoms with Gasteiger partial charge in [0.2, 0.25) is 0 Å². The first-order valence-electron chi connectivity index (χ1n) is 8.97. The molecule has 0 aromatic heterocycles. The monoisotopic (exact) mass is 310 g/mol. The molecule has 21 heavy (non-hydrogen) atoms. The second-order valence-electron chi connectivity index (χ2n) is 8.31. The van der Waals surface area contributed by atoms with Crippen LogP contribution < -0.4 is 0 Å². The summed E-state index contributed by atoms with van der Waals surface area (Å²) < 4.78 is 27.0. The molecule has 1 N–H and O–H groups in total. The van der Waals surface area contributed by atoms with Gasteiger partial charge in [-0.25, -0.2) is 4.21 Å². The van der Waals surface area contributed by atoms with E-state index in [9.17, 15) is 8.76 Å². The van der Waals surface area contributed by atoms with Crippen LogP contribution in [0, 0.1) is 35.5 Å². The van der Waals surface area contributed by atoms with Gasteiger partial charge in [0.25, 0.3) is 0 Å². The van der Waals surface area contributed by atoms with Crippen molar-refractivity contribution in [1.29, 1.82) is 0 Å². The molecule has 1 saturated heterocycles. The van der Waals surface area contributed by atoms with Crippen molar-refractivity contribution in [2.45, 2.75) is 68.8 Å². The molecule has 5 rings (SSSR count). The van der Waals surface area contributed by atoms with Gasteiger partial charge in [0.05, 0.1) is 17.5 Å². The molecule has 0 amide bonds. The molecule has 0 aromatic rings. The summed E-state index contributed by atoms with van der Waals surface area (Å²) in [5, 5.41) is 0.0798. The third kappa shape index (κ3) is 2.01. The largest absolute Gasteiger partial charge is 0.370 e. The van der Waals surface area contributed by atoms with Gasteiger partial charge in [-0.05, 0) is 86.9 Å². The SMILES string of the molecule is O=S(O)C1CCC2C3CCC4CC5OC5CC4C3CCC21. The molecule has 4 saturated carbocycles. The van der Waals surface area contributed by atoms with Gasteiger partial charge in [-0.1, -0.05) is 0 Å². The van der Waals surface area contributed by atoms with Crippen LogP contribution in [-0.2, 0) is 15.8 Å². The highest BCUT2D eigenvalue weighted by Gasteiger charge is 2.56. The molecule has 0 radical (unpaired) electrons. The molecule has 0 aromatic carbocycles. The van der Waals surface area contributed by atoms with Crippen LogP contribution in [0.5, 0.6) is 0 Å². The van der Waals surface area contributed by atoms with E-state index in [0.29, 0.717) is 18.1 Å². The van der Waals surface area contributed by atoms with E-state index < -0.39 is 11.1 Å². The quantitative estimate of drug-likeness (QED) is 0.597. The summed E-state index contributed by atoms with van der Waals surface area (Å²) in [5.74, 6) is 4.89. The van der Waals surface area contributed by atoms with Crippen molar-refractivity contribution < 1.29 is 13.5 Å². The summed E-state index contributed by atoms with van der Waals surface area (Å²) in [7, 11) is 0. The van der Waals surface area contributed by atoms with Crippen LogP contribution in [0.2, 0.25) is 0 Å². The van der Waals surface area contributed by atoms with Crippen molar-refractivity contribution in [3.8, 4) is 0 Å². The molecule has 1 aliphatic heterocycles. The van der Waals surface area contributed by atoms with Crippen LogP contribution in [-0.4, -0.2) is 26.2 Å². The molecule has 118 valence electrons. The van der Waals surface area contributed by atoms with Gasteiger partial charge in [-0.15, -0.1) is 0 Å². The zero-order valence-corrected chi connectivity index (χ0v) is 13.3. The Morgan fingerprint density at radius 2 is 1.38 bits per heavy atom. The molecule has 4 heteroatoms. The molecule has 10 atom stereocenters. The molecular weight excluding hydrogens is 284 g/mol. The van der Waals surface area contributed by atoms with E-state index in [-0.39, 0.29) is 5.25 Å². The number of rotatable bonds is 1. The Bertz CT molecular complexity index is 467. The van der Waals surface area contributed by atoms with E-state index in [1.807, 2.05) is 0 Å². The van der Waals surface area contributed by atoms with Gasteiger partial charge in [-0.3, -0.25) is 0 Å². The Morgan fingerprint density at radius 1 is 0.762 bits per heavy atom. The molecule has 10 unspecified atom stereocenters. The predicted octanol–water partition coefficient (Wildman–Crippen LogP) is 3.22. The number of ether oxygens (including phenoxy) is 1. The highest BCUT2D eigenvalue weighted by molar-refractivity contribution is 7.79. The lowest BCUT2D eigenvalue weighted by Gasteiger charge is -2.51. The Hall–Kier alpha value is 0.0700. The van der Waals surface area contributed by atoms with Crippen LogP contribution in [0.25, 0.3) is 0 Å². The summed E-state index contributed by atoms with van der Waals surface area (Å²) in [6.45, 7) is 0. The van der Waals surface area contributed by atoms with Crippen molar-refractivity contribution in [2.75, 3.05) is 0 Å². The Morgan fingerprint density at radius 3 is 2.24 bits per heavy atom. The highest BCUT2D eigenvalue weighted by Crippen LogP contribution is 2.60. The van der Waals surface area contributed by atoms with Gasteiger partial charge < -0.3 is 9.29 Å². The smallest absolute Gasteiger partial charge is 0.156 e. The van der Waals surface area contributed by atoms with E-state index in [2.05, 4.69) is 0 Å². The second kappa shape index (κ2) is 4.78. The summed E-state index contributed by atoms with van der Waals surface area (Å²) in [5.41, 5.74) is 0. The van der Waals surface area contributed by atoms with Crippen molar-refractivity contribution in [2.24, 2.45) is 35.5 Å². The minimum atomic E-state index is -1.60. The lowest BCUT2D eigenvalue weighted by molar-refractivity contribution is -0.0128. The summed E-state index contributed by atoms with van der Waals surface area (Å²) in [6, 6.07) is 0. The molecule has 3 nitrogen and oxygen atoms in total. The number of hydrogen-bond acceptors (Lipinski definition) is 2. The van der Waals surface area contributed by atoms with Crippen LogP contribution >= 0.6 is 0 Å². The fourth-order valence-corrected chi connectivity index (χ4v) is 7.88. The fraction of sp³-hybridized carbons (Fsp3) is 1.00. The van der Waals surface area contributed by atoms with Gasteiger partial charge in [0, 0.05) is 0 Å². The number of fused-ring (bicyclic) bond motifs is 6. The maximum absolute atomic E-state index is 11.6. The Balaban J connectivity index is 1.37. The fourth-order valence-electron chi connectivity index (χ4n) is 6.91. The minimum Gasteiger partial charge on any atom is -0.370 e. The summed E-state index contributed by atoms with van der Waals surface area (Å²) in [4.78, 5) is 0. The Labute approximate surface area is 129 Å². The van der Waals surface area contributed by atoms with Gasteiger partial charge in [0.1, 0.15) is 0 Å². The molecule has 5 aliphatic rings. The van der Waals surface area contributed by atoms with E-state index in [1.165, 1.54) is 44.9 Å². The summed E-state index contributed by atoms with van der Waals surface area (Å²) in [6.07, 6.45) is 11.4. The average molecular weight is 310 g/mol. The van der Waals surface area contributed by atoms with Crippen LogP contribution in [0.1, 0.15) is 51.4 Å². The summed E-state index contributed by atoms with van der Waals surface area (Å²) >= 11 is -1.60. The van der Waals surface area contributed by atoms with E-state index in [0.717, 1.165) is 36.0 Å². The van der Waals surface area contributed by atoms with Crippen LogP contribution in [0.3, 0.4) is 0 Å². The molecule has 5 fully saturated rings. The zero-order chi connectivity index (χ0) is 14.1. The molecule has 0 bridgehead atoms. The first-order valence-corrected chi connectivity index (χ1v) is 10.1. The lowest BCUT2D eigenvalue weighted by Crippen LogP contribution is -2.45. The first-order chi connectivity index (χ1) is 10.2. The van der Waals surface area contributed by atoms with Crippen LogP contribution in [0.15, 0.2) is 0 Å². The number of epoxide rings is 1. The maximum Gasteiger partial charge on any atom is 0.156 e. The van der Waals surface area contributed by atoms with E-state index in [1.54, 1.807) is 0 Å². The lowest BCUT2D eigenvalue weighted by atomic mass is 9.54. The Kier molecular flexibility index (Phi) is 3.07. The molecule has 4 aliphatic carbocycles.